The van der Waals surface area contributed by atoms with Crippen LogP contribution in [0.1, 0.15) is 31.2 Å². The van der Waals surface area contributed by atoms with Gasteiger partial charge in [0, 0.05) is 0 Å². The van der Waals surface area contributed by atoms with Gasteiger partial charge in [-0.15, -0.1) is 0 Å². The molecule has 0 aromatic heterocycles. The molecule has 1 saturated carbocycles. The molecule has 1 aliphatic carbocycles. The van der Waals surface area contributed by atoms with Crippen molar-refractivity contribution >= 4 is 17.5 Å². The summed E-state index contributed by atoms with van der Waals surface area (Å²) in [5.74, 6) is -1.43. The smallest absolute Gasteiger partial charge is 0.416 e. The first kappa shape index (κ1) is 22.2. The standard InChI is InChI=1S/C27H22F3NO3/c28-27(29,30)19-12-15-24(34-20-13-10-18(11-14-20)17-6-2-1-3-7-17)23(16-19)31-25(32)21-8-4-5-9-22(21)26(31)33/h1-3,6-7,10-16,21-22H,4-5,8-9H2/t21-,22-/m0/s1. The Morgan fingerprint density at radius 3 is 1.94 bits per heavy atom. The number of carbonyl (C=O) groups excluding carboxylic acids is 2. The molecule has 7 heteroatoms. The molecule has 3 aromatic rings. The van der Waals surface area contributed by atoms with Gasteiger partial charge in [-0.1, -0.05) is 55.3 Å². The van der Waals surface area contributed by atoms with Gasteiger partial charge in [-0.05, 0) is 54.3 Å². The molecule has 34 heavy (non-hydrogen) atoms. The van der Waals surface area contributed by atoms with Crippen LogP contribution in [0.4, 0.5) is 18.9 Å². The fourth-order valence-electron chi connectivity index (χ4n) is 4.83. The molecule has 2 fully saturated rings. The Kier molecular flexibility index (Phi) is 5.63. The molecule has 174 valence electrons. The van der Waals surface area contributed by atoms with Crippen molar-refractivity contribution in [2.45, 2.75) is 31.9 Å². The summed E-state index contributed by atoms with van der Waals surface area (Å²) < 4.78 is 46.4. The lowest BCUT2D eigenvalue weighted by Crippen LogP contribution is -2.31. The lowest BCUT2D eigenvalue weighted by Gasteiger charge is -2.21. The van der Waals surface area contributed by atoms with Crippen LogP contribution in [0.15, 0.2) is 72.8 Å². The normalized spacial score (nSPS) is 20.4. The molecule has 0 spiro atoms. The second-order valence-electron chi connectivity index (χ2n) is 8.68. The molecule has 4 nitrogen and oxygen atoms in total. The highest BCUT2D eigenvalue weighted by molar-refractivity contribution is 6.22. The van der Waals surface area contributed by atoms with E-state index in [0.717, 1.165) is 41.0 Å². The predicted molar refractivity (Wildman–Crippen MR) is 121 cm³/mol. The van der Waals surface area contributed by atoms with Crippen LogP contribution in [0.5, 0.6) is 11.5 Å². The number of halogens is 3. The Morgan fingerprint density at radius 2 is 1.35 bits per heavy atom. The fourth-order valence-corrected chi connectivity index (χ4v) is 4.83. The summed E-state index contributed by atoms with van der Waals surface area (Å²) in [6.07, 6.45) is -1.83. The summed E-state index contributed by atoms with van der Waals surface area (Å²) in [6, 6.07) is 19.7. The zero-order chi connectivity index (χ0) is 23.9. The van der Waals surface area contributed by atoms with Gasteiger partial charge < -0.3 is 4.74 Å². The van der Waals surface area contributed by atoms with E-state index in [4.69, 9.17) is 4.74 Å². The minimum absolute atomic E-state index is 0.0285. The number of nitrogens with zero attached hydrogens (tertiary/aromatic N) is 1. The number of anilines is 1. The van der Waals surface area contributed by atoms with E-state index in [9.17, 15) is 22.8 Å². The highest BCUT2D eigenvalue weighted by atomic mass is 19.4. The number of hydrogen-bond acceptors (Lipinski definition) is 3. The molecule has 1 saturated heterocycles. The molecule has 0 N–H and O–H groups in total. The first-order valence-corrected chi connectivity index (χ1v) is 11.3. The minimum atomic E-state index is -4.62. The average Bonchev–Trinajstić information content (AvgIpc) is 3.10. The topological polar surface area (TPSA) is 46.6 Å². The van der Waals surface area contributed by atoms with E-state index in [-0.39, 0.29) is 11.4 Å². The number of hydrogen-bond donors (Lipinski definition) is 0. The summed E-state index contributed by atoms with van der Waals surface area (Å²) >= 11 is 0. The van der Waals surface area contributed by atoms with Crippen LogP contribution in [-0.4, -0.2) is 11.8 Å². The van der Waals surface area contributed by atoms with E-state index < -0.39 is 35.4 Å². The van der Waals surface area contributed by atoms with Gasteiger partial charge in [0.1, 0.15) is 5.75 Å². The maximum absolute atomic E-state index is 13.5. The maximum Gasteiger partial charge on any atom is 0.416 e. The van der Waals surface area contributed by atoms with E-state index in [2.05, 4.69) is 0 Å². The SMILES string of the molecule is O=C1[C@H]2CCCC[C@@H]2C(=O)N1c1cc(C(F)(F)F)ccc1Oc1ccc(-c2ccccc2)cc1. The van der Waals surface area contributed by atoms with E-state index in [0.29, 0.717) is 18.6 Å². The number of rotatable bonds is 4. The van der Waals surface area contributed by atoms with Crippen LogP contribution < -0.4 is 9.64 Å². The van der Waals surface area contributed by atoms with Crippen LogP contribution in [0.25, 0.3) is 11.1 Å². The highest BCUT2D eigenvalue weighted by Gasteiger charge is 2.50. The number of amides is 2. The lowest BCUT2D eigenvalue weighted by atomic mass is 9.81. The second kappa shape index (κ2) is 8.63. The number of fused-ring (bicyclic) bond motifs is 1. The maximum atomic E-state index is 13.5. The van der Waals surface area contributed by atoms with Crippen LogP contribution in [0.3, 0.4) is 0 Å². The van der Waals surface area contributed by atoms with Crippen LogP contribution in [-0.2, 0) is 15.8 Å². The van der Waals surface area contributed by atoms with Crippen LogP contribution >= 0.6 is 0 Å². The van der Waals surface area contributed by atoms with Crippen molar-refractivity contribution in [1.29, 1.82) is 0 Å². The van der Waals surface area contributed by atoms with Crippen molar-refractivity contribution in [2.75, 3.05) is 4.90 Å². The molecule has 0 radical (unpaired) electrons. The Bertz CT molecular complexity index is 1200. The van der Waals surface area contributed by atoms with Crippen molar-refractivity contribution in [3.8, 4) is 22.6 Å². The zero-order valence-electron chi connectivity index (χ0n) is 18.2. The van der Waals surface area contributed by atoms with Gasteiger partial charge in [-0.25, -0.2) is 4.90 Å². The summed E-state index contributed by atoms with van der Waals surface area (Å²) in [6.45, 7) is 0. The first-order valence-electron chi connectivity index (χ1n) is 11.3. The Labute approximate surface area is 195 Å². The molecule has 1 aliphatic heterocycles. The van der Waals surface area contributed by atoms with E-state index in [1.54, 1.807) is 12.1 Å². The fraction of sp³-hybridized carbons (Fsp3) is 0.259. The number of ether oxygens (including phenoxy) is 1. The van der Waals surface area contributed by atoms with Gasteiger partial charge in [-0.3, -0.25) is 9.59 Å². The van der Waals surface area contributed by atoms with Crippen LogP contribution in [0.2, 0.25) is 0 Å². The van der Waals surface area contributed by atoms with Crippen molar-refractivity contribution in [3.63, 3.8) is 0 Å². The van der Waals surface area contributed by atoms with E-state index in [1.807, 2.05) is 42.5 Å². The van der Waals surface area contributed by atoms with Gasteiger partial charge in [-0.2, -0.15) is 13.2 Å². The number of benzene rings is 3. The third-order valence-electron chi connectivity index (χ3n) is 6.56. The van der Waals surface area contributed by atoms with Gasteiger partial charge in [0.2, 0.25) is 11.8 Å². The molecular weight excluding hydrogens is 443 g/mol. The van der Waals surface area contributed by atoms with Gasteiger partial charge in [0.25, 0.3) is 0 Å². The van der Waals surface area contributed by atoms with Crippen molar-refractivity contribution in [3.05, 3.63) is 78.4 Å². The summed E-state index contributed by atoms with van der Waals surface area (Å²) in [7, 11) is 0. The second-order valence-corrected chi connectivity index (χ2v) is 8.68. The van der Waals surface area contributed by atoms with Crippen molar-refractivity contribution < 1.29 is 27.5 Å². The molecule has 2 amide bonds. The molecule has 2 aliphatic rings. The first-order chi connectivity index (χ1) is 16.3. The Hall–Kier alpha value is -3.61. The molecule has 2 atom stereocenters. The van der Waals surface area contributed by atoms with Crippen molar-refractivity contribution in [1.82, 2.24) is 0 Å². The monoisotopic (exact) mass is 465 g/mol. The number of alkyl halides is 3. The zero-order valence-corrected chi connectivity index (χ0v) is 18.2. The molecule has 3 aromatic carbocycles. The third kappa shape index (κ3) is 4.06. The average molecular weight is 465 g/mol. The predicted octanol–water partition coefficient (Wildman–Crippen LogP) is 6.84. The largest absolute Gasteiger partial charge is 0.455 e. The molecular formula is C27H22F3NO3. The minimum Gasteiger partial charge on any atom is -0.455 e. The molecule has 5 rings (SSSR count). The summed E-state index contributed by atoms with van der Waals surface area (Å²) in [5.41, 5.74) is 0.866. The summed E-state index contributed by atoms with van der Waals surface area (Å²) in [5, 5.41) is 0. The van der Waals surface area contributed by atoms with E-state index >= 15 is 0 Å². The lowest BCUT2D eigenvalue weighted by molar-refractivity contribution is -0.137. The molecule has 0 unspecified atom stereocenters. The van der Waals surface area contributed by atoms with E-state index in [1.165, 1.54) is 6.07 Å². The highest BCUT2D eigenvalue weighted by Crippen LogP contribution is 2.45. The van der Waals surface area contributed by atoms with Crippen LogP contribution in [0, 0.1) is 11.8 Å². The quantitative estimate of drug-likeness (QED) is 0.396. The Morgan fingerprint density at radius 1 is 0.765 bits per heavy atom. The third-order valence-corrected chi connectivity index (χ3v) is 6.56. The molecule has 1 heterocycles. The van der Waals surface area contributed by atoms with Gasteiger partial charge >= 0.3 is 6.18 Å². The Balaban J connectivity index is 1.50. The van der Waals surface area contributed by atoms with Gasteiger partial charge in [0.05, 0.1) is 23.1 Å². The molecule has 0 bridgehead atoms. The summed E-state index contributed by atoms with van der Waals surface area (Å²) in [4.78, 5) is 27.1. The van der Waals surface area contributed by atoms with Gasteiger partial charge in [0.15, 0.2) is 5.75 Å². The number of imide groups is 1. The number of carbonyl (C=O) groups is 2. The van der Waals surface area contributed by atoms with Crippen molar-refractivity contribution in [2.24, 2.45) is 11.8 Å².